The fourth-order valence-corrected chi connectivity index (χ4v) is 1.89. The molecular weight excluding hydrogens is 306 g/mol. The van der Waals surface area contributed by atoms with E-state index >= 15 is 0 Å². The van der Waals surface area contributed by atoms with Gasteiger partial charge >= 0.3 is 0 Å². The van der Waals surface area contributed by atoms with Crippen molar-refractivity contribution in [1.29, 1.82) is 0 Å². The number of nitrogens with one attached hydrogen (secondary N) is 1. The molecule has 2 aromatic rings. The summed E-state index contributed by atoms with van der Waals surface area (Å²) in [6.07, 6.45) is 0. The molecule has 0 aliphatic carbocycles. The SMILES string of the molecule is COc1ccc(C(=O)NCc2ccc(Br)cc2)cc1. The molecule has 0 fully saturated rings. The molecule has 3 nitrogen and oxygen atoms in total. The summed E-state index contributed by atoms with van der Waals surface area (Å²) >= 11 is 3.38. The summed E-state index contributed by atoms with van der Waals surface area (Å²) in [7, 11) is 1.60. The third-order valence-electron chi connectivity index (χ3n) is 2.72. The highest BCUT2D eigenvalue weighted by molar-refractivity contribution is 9.10. The first-order chi connectivity index (χ1) is 9.19. The lowest BCUT2D eigenvalue weighted by Gasteiger charge is -2.06. The van der Waals surface area contributed by atoms with Gasteiger partial charge in [0, 0.05) is 16.6 Å². The molecule has 0 aromatic heterocycles. The lowest BCUT2D eigenvalue weighted by atomic mass is 10.2. The van der Waals surface area contributed by atoms with Gasteiger partial charge in [0.1, 0.15) is 5.75 Å². The Labute approximate surface area is 120 Å². The number of carbonyl (C=O) groups is 1. The summed E-state index contributed by atoms with van der Waals surface area (Å²) in [5.74, 6) is 0.648. The number of methoxy groups -OCH3 is 1. The largest absolute Gasteiger partial charge is 0.497 e. The minimum absolute atomic E-state index is 0.0921. The maximum absolute atomic E-state index is 11.9. The Hall–Kier alpha value is -1.81. The Balaban J connectivity index is 1.95. The number of carbonyl (C=O) groups excluding carboxylic acids is 1. The van der Waals surface area contributed by atoms with Gasteiger partial charge in [0.05, 0.1) is 7.11 Å². The van der Waals surface area contributed by atoms with Crippen molar-refractivity contribution in [2.75, 3.05) is 7.11 Å². The van der Waals surface area contributed by atoms with Gasteiger partial charge in [-0.3, -0.25) is 4.79 Å². The molecule has 2 rings (SSSR count). The summed E-state index contributed by atoms with van der Waals surface area (Å²) in [5, 5.41) is 2.88. The van der Waals surface area contributed by atoms with E-state index in [0.717, 1.165) is 15.8 Å². The van der Waals surface area contributed by atoms with E-state index in [9.17, 15) is 4.79 Å². The molecule has 0 spiro atoms. The van der Waals surface area contributed by atoms with E-state index in [1.807, 2.05) is 24.3 Å². The van der Waals surface area contributed by atoms with Crippen LogP contribution in [0.15, 0.2) is 53.0 Å². The van der Waals surface area contributed by atoms with Crippen LogP contribution in [0.4, 0.5) is 0 Å². The molecule has 19 heavy (non-hydrogen) atoms. The van der Waals surface area contributed by atoms with E-state index in [2.05, 4.69) is 21.2 Å². The van der Waals surface area contributed by atoms with Crippen molar-refractivity contribution in [2.24, 2.45) is 0 Å². The summed E-state index contributed by atoms with van der Waals surface area (Å²) in [6, 6.07) is 14.9. The molecule has 0 aliphatic heterocycles. The first-order valence-corrected chi connectivity index (χ1v) is 6.65. The maximum atomic E-state index is 11.9. The highest BCUT2D eigenvalue weighted by Gasteiger charge is 2.05. The molecule has 4 heteroatoms. The molecule has 1 N–H and O–H groups in total. The van der Waals surface area contributed by atoms with Crippen molar-refractivity contribution in [3.63, 3.8) is 0 Å². The molecule has 0 atom stereocenters. The summed E-state index contributed by atoms with van der Waals surface area (Å²) in [4.78, 5) is 11.9. The Morgan fingerprint density at radius 1 is 1.11 bits per heavy atom. The average molecular weight is 320 g/mol. The van der Waals surface area contributed by atoms with Crippen molar-refractivity contribution in [3.05, 3.63) is 64.1 Å². The van der Waals surface area contributed by atoms with E-state index in [1.54, 1.807) is 31.4 Å². The maximum Gasteiger partial charge on any atom is 0.251 e. The fraction of sp³-hybridized carbons (Fsp3) is 0.133. The molecule has 0 saturated heterocycles. The highest BCUT2D eigenvalue weighted by atomic mass is 79.9. The summed E-state index contributed by atoms with van der Waals surface area (Å²) in [5.41, 5.74) is 1.68. The average Bonchev–Trinajstić information content (AvgIpc) is 2.46. The third-order valence-corrected chi connectivity index (χ3v) is 3.25. The van der Waals surface area contributed by atoms with Crippen molar-refractivity contribution in [3.8, 4) is 5.75 Å². The number of halogens is 1. The Bertz CT molecular complexity index is 549. The Morgan fingerprint density at radius 3 is 2.32 bits per heavy atom. The monoisotopic (exact) mass is 319 g/mol. The summed E-state index contributed by atoms with van der Waals surface area (Å²) in [6.45, 7) is 0.512. The molecule has 98 valence electrons. The molecule has 0 unspecified atom stereocenters. The number of hydrogen-bond donors (Lipinski definition) is 1. The van der Waals surface area contributed by atoms with Crippen LogP contribution in [0.25, 0.3) is 0 Å². The van der Waals surface area contributed by atoms with Crippen LogP contribution >= 0.6 is 15.9 Å². The smallest absolute Gasteiger partial charge is 0.251 e. The van der Waals surface area contributed by atoms with E-state index in [4.69, 9.17) is 4.74 Å². The van der Waals surface area contributed by atoms with Crippen LogP contribution in [0, 0.1) is 0 Å². The normalized spacial score (nSPS) is 10.0. The number of hydrogen-bond acceptors (Lipinski definition) is 2. The van der Waals surface area contributed by atoms with Gasteiger partial charge in [-0.15, -0.1) is 0 Å². The Kier molecular flexibility index (Phi) is 4.58. The van der Waals surface area contributed by atoms with Gasteiger partial charge < -0.3 is 10.1 Å². The zero-order chi connectivity index (χ0) is 13.7. The molecule has 0 bridgehead atoms. The van der Waals surface area contributed by atoms with Crippen LogP contribution in [0.5, 0.6) is 5.75 Å². The highest BCUT2D eigenvalue weighted by Crippen LogP contribution is 2.12. The predicted molar refractivity (Wildman–Crippen MR) is 78.3 cm³/mol. The van der Waals surface area contributed by atoms with Crippen LogP contribution in [0.1, 0.15) is 15.9 Å². The number of benzene rings is 2. The van der Waals surface area contributed by atoms with Gasteiger partial charge in [0.15, 0.2) is 0 Å². The van der Waals surface area contributed by atoms with Crippen LogP contribution in [-0.2, 0) is 6.54 Å². The van der Waals surface area contributed by atoms with Crippen LogP contribution in [0.2, 0.25) is 0 Å². The lowest BCUT2D eigenvalue weighted by Crippen LogP contribution is -2.22. The molecular formula is C15H14BrNO2. The lowest BCUT2D eigenvalue weighted by molar-refractivity contribution is 0.0951. The van der Waals surface area contributed by atoms with Crippen molar-refractivity contribution in [2.45, 2.75) is 6.54 Å². The quantitative estimate of drug-likeness (QED) is 0.938. The predicted octanol–water partition coefficient (Wildman–Crippen LogP) is 3.39. The first-order valence-electron chi connectivity index (χ1n) is 5.86. The molecule has 0 saturated carbocycles. The second-order valence-corrected chi connectivity index (χ2v) is 4.95. The second-order valence-electron chi connectivity index (χ2n) is 4.04. The first kappa shape index (κ1) is 13.6. The number of ether oxygens (including phenoxy) is 1. The van der Waals surface area contributed by atoms with Crippen LogP contribution in [-0.4, -0.2) is 13.0 Å². The molecule has 2 aromatic carbocycles. The van der Waals surface area contributed by atoms with Crippen molar-refractivity contribution < 1.29 is 9.53 Å². The van der Waals surface area contributed by atoms with Gasteiger partial charge in [0.25, 0.3) is 5.91 Å². The van der Waals surface area contributed by atoms with E-state index < -0.39 is 0 Å². The number of amides is 1. The minimum Gasteiger partial charge on any atom is -0.497 e. The van der Waals surface area contributed by atoms with Gasteiger partial charge in [0.2, 0.25) is 0 Å². The third kappa shape index (κ3) is 3.83. The zero-order valence-corrected chi connectivity index (χ0v) is 12.1. The fourth-order valence-electron chi connectivity index (χ4n) is 1.63. The van der Waals surface area contributed by atoms with Gasteiger partial charge in [-0.2, -0.15) is 0 Å². The molecule has 0 aliphatic rings. The topological polar surface area (TPSA) is 38.3 Å². The summed E-state index contributed by atoms with van der Waals surface area (Å²) < 4.78 is 6.08. The zero-order valence-electron chi connectivity index (χ0n) is 10.5. The van der Waals surface area contributed by atoms with E-state index in [0.29, 0.717) is 12.1 Å². The van der Waals surface area contributed by atoms with Gasteiger partial charge in [-0.1, -0.05) is 28.1 Å². The number of rotatable bonds is 4. The van der Waals surface area contributed by atoms with E-state index in [-0.39, 0.29) is 5.91 Å². The van der Waals surface area contributed by atoms with Gasteiger partial charge in [-0.05, 0) is 42.0 Å². The van der Waals surface area contributed by atoms with E-state index in [1.165, 1.54) is 0 Å². The minimum atomic E-state index is -0.0921. The molecule has 0 radical (unpaired) electrons. The van der Waals surface area contributed by atoms with Gasteiger partial charge in [-0.25, -0.2) is 0 Å². The van der Waals surface area contributed by atoms with Crippen molar-refractivity contribution >= 4 is 21.8 Å². The Morgan fingerprint density at radius 2 is 1.74 bits per heavy atom. The molecule has 0 heterocycles. The van der Waals surface area contributed by atoms with Crippen LogP contribution in [0.3, 0.4) is 0 Å². The standard InChI is InChI=1S/C15H14BrNO2/c1-19-14-8-4-12(5-9-14)15(18)17-10-11-2-6-13(16)7-3-11/h2-9H,10H2,1H3,(H,17,18). The van der Waals surface area contributed by atoms with Crippen LogP contribution < -0.4 is 10.1 Å². The molecule has 1 amide bonds. The van der Waals surface area contributed by atoms with Crippen molar-refractivity contribution in [1.82, 2.24) is 5.32 Å². The second kappa shape index (κ2) is 6.38.